The molecule has 0 aliphatic carbocycles. The highest BCUT2D eigenvalue weighted by molar-refractivity contribution is 9.10. The van der Waals surface area contributed by atoms with E-state index < -0.39 is 10.8 Å². The Balaban J connectivity index is 1.84. The summed E-state index contributed by atoms with van der Waals surface area (Å²) >= 11 is 15.6. The minimum Gasteiger partial charge on any atom is -0.493 e. The van der Waals surface area contributed by atoms with E-state index in [1.807, 2.05) is 37.3 Å². The number of non-ortho nitro benzene ring substituents is 1. The molecular weight excluding hydrogens is 573 g/mol. The number of hydrogen-bond donors (Lipinski definition) is 1. The van der Waals surface area contributed by atoms with Crippen LogP contribution in [0.25, 0.3) is 6.08 Å². The molecule has 0 bridgehead atoms. The van der Waals surface area contributed by atoms with Crippen molar-refractivity contribution in [1.29, 1.82) is 5.26 Å². The van der Waals surface area contributed by atoms with Crippen molar-refractivity contribution in [2.24, 2.45) is 0 Å². The number of nitro benzene ring substituents is 1. The zero-order chi connectivity index (χ0) is 26.4. The molecule has 36 heavy (non-hydrogen) atoms. The smallest absolute Gasteiger partial charge is 0.272 e. The number of carbonyl (C=O) groups excluding carboxylic acids is 1. The van der Waals surface area contributed by atoms with E-state index in [0.29, 0.717) is 28.1 Å². The molecule has 0 aliphatic heterocycles. The highest BCUT2D eigenvalue weighted by Crippen LogP contribution is 2.38. The van der Waals surface area contributed by atoms with Crippen LogP contribution in [-0.4, -0.2) is 17.9 Å². The van der Waals surface area contributed by atoms with Gasteiger partial charge in [-0.2, -0.15) is 5.26 Å². The third-order valence-corrected chi connectivity index (χ3v) is 6.09. The van der Waals surface area contributed by atoms with Crippen LogP contribution in [0.5, 0.6) is 11.5 Å². The molecule has 0 saturated carbocycles. The average molecular weight is 591 g/mol. The Hall–Kier alpha value is -3.58. The predicted molar refractivity (Wildman–Crippen MR) is 142 cm³/mol. The van der Waals surface area contributed by atoms with Crippen LogP contribution >= 0.6 is 39.1 Å². The molecule has 11 heteroatoms. The first kappa shape index (κ1) is 27.0. The summed E-state index contributed by atoms with van der Waals surface area (Å²) < 4.78 is 11.9. The fourth-order valence-corrected chi connectivity index (χ4v) is 4.23. The summed E-state index contributed by atoms with van der Waals surface area (Å²) in [5, 5.41) is 22.7. The molecule has 3 aromatic carbocycles. The van der Waals surface area contributed by atoms with Crippen molar-refractivity contribution in [2.75, 3.05) is 12.4 Å². The first-order chi connectivity index (χ1) is 17.1. The molecule has 1 amide bonds. The van der Waals surface area contributed by atoms with E-state index in [-0.39, 0.29) is 27.0 Å². The lowest BCUT2D eigenvalue weighted by molar-refractivity contribution is -0.384. The summed E-state index contributed by atoms with van der Waals surface area (Å²) in [6.45, 7) is 2.31. The number of anilines is 1. The Bertz CT molecular complexity index is 1380. The van der Waals surface area contributed by atoms with Gasteiger partial charge in [-0.1, -0.05) is 53.0 Å². The molecule has 1 N–H and O–H groups in total. The normalized spacial score (nSPS) is 10.9. The van der Waals surface area contributed by atoms with E-state index in [2.05, 4.69) is 21.2 Å². The molecule has 0 unspecified atom stereocenters. The number of methoxy groups -OCH3 is 1. The van der Waals surface area contributed by atoms with E-state index in [9.17, 15) is 20.2 Å². The van der Waals surface area contributed by atoms with Gasteiger partial charge in [-0.05, 0) is 52.2 Å². The fourth-order valence-electron chi connectivity index (χ4n) is 3.08. The fraction of sp³-hybridized carbons (Fsp3) is 0.120. The van der Waals surface area contributed by atoms with Gasteiger partial charge in [-0.15, -0.1) is 0 Å². The third kappa shape index (κ3) is 6.55. The van der Waals surface area contributed by atoms with Crippen molar-refractivity contribution < 1.29 is 19.2 Å². The van der Waals surface area contributed by atoms with Crippen LogP contribution in [0.3, 0.4) is 0 Å². The zero-order valence-corrected chi connectivity index (χ0v) is 22.1. The molecule has 0 aromatic heterocycles. The van der Waals surface area contributed by atoms with Crippen molar-refractivity contribution >= 4 is 62.5 Å². The second-order valence-electron chi connectivity index (χ2n) is 7.47. The van der Waals surface area contributed by atoms with Crippen LogP contribution in [0.1, 0.15) is 16.7 Å². The summed E-state index contributed by atoms with van der Waals surface area (Å²) in [7, 11) is 1.48. The number of nitrogens with zero attached hydrogens (tertiary/aromatic N) is 2. The van der Waals surface area contributed by atoms with E-state index in [1.165, 1.54) is 13.2 Å². The Labute approximate surface area is 225 Å². The van der Waals surface area contributed by atoms with Gasteiger partial charge in [0.25, 0.3) is 11.6 Å². The Morgan fingerprint density at radius 3 is 2.39 bits per heavy atom. The van der Waals surface area contributed by atoms with E-state index >= 15 is 0 Å². The molecule has 8 nitrogen and oxygen atoms in total. The van der Waals surface area contributed by atoms with Gasteiger partial charge in [0.05, 0.1) is 32.2 Å². The van der Waals surface area contributed by atoms with Gasteiger partial charge < -0.3 is 14.8 Å². The number of nitro groups is 1. The summed E-state index contributed by atoms with van der Waals surface area (Å²) in [4.78, 5) is 23.0. The van der Waals surface area contributed by atoms with Crippen molar-refractivity contribution in [3.63, 3.8) is 0 Å². The summed E-state index contributed by atoms with van der Waals surface area (Å²) in [6.07, 6.45) is 1.35. The van der Waals surface area contributed by atoms with Crippen LogP contribution in [0, 0.1) is 28.4 Å². The lowest BCUT2D eigenvalue weighted by Crippen LogP contribution is -2.14. The second-order valence-corrected chi connectivity index (χ2v) is 9.14. The number of halogens is 3. The molecule has 0 saturated heterocycles. The molecule has 184 valence electrons. The Morgan fingerprint density at radius 1 is 1.19 bits per heavy atom. The maximum absolute atomic E-state index is 12.7. The van der Waals surface area contributed by atoms with Gasteiger partial charge >= 0.3 is 0 Å². The molecule has 0 atom stereocenters. The number of hydrogen-bond acceptors (Lipinski definition) is 6. The van der Waals surface area contributed by atoms with E-state index in [1.54, 1.807) is 12.1 Å². The Kier molecular flexibility index (Phi) is 8.93. The first-order valence-corrected chi connectivity index (χ1v) is 11.8. The summed E-state index contributed by atoms with van der Waals surface area (Å²) in [6, 6.07) is 15.1. The number of aryl methyl sites for hydroxylation is 1. The number of benzene rings is 3. The molecule has 0 radical (unpaired) electrons. The maximum Gasteiger partial charge on any atom is 0.272 e. The summed E-state index contributed by atoms with van der Waals surface area (Å²) in [5.41, 5.74) is 1.96. The number of carbonyl (C=O) groups is 1. The van der Waals surface area contributed by atoms with Crippen LogP contribution in [0.15, 0.2) is 58.6 Å². The molecular formula is C25H18BrCl2N3O5. The number of amides is 1. The van der Waals surface area contributed by atoms with Crippen LogP contribution < -0.4 is 14.8 Å². The largest absolute Gasteiger partial charge is 0.493 e. The molecule has 0 aliphatic rings. The monoisotopic (exact) mass is 589 g/mol. The van der Waals surface area contributed by atoms with Crippen molar-refractivity contribution in [1.82, 2.24) is 0 Å². The SMILES string of the molecule is COc1cc(/C=C(\C#N)C(=O)Nc2c(Cl)cc([N+](=O)[O-])cc2Cl)cc(Br)c1OCc1ccc(C)cc1. The summed E-state index contributed by atoms with van der Waals surface area (Å²) in [5.74, 6) is 0.0504. The highest BCUT2D eigenvalue weighted by Gasteiger charge is 2.19. The first-order valence-electron chi connectivity index (χ1n) is 10.3. The van der Waals surface area contributed by atoms with Crippen molar-refractivity contribution in [3.8, 4) is 17.6 Å². The molecule has 0 spiro atoms. The van der Waals surface area contributed by atoms with Crippen molar-refractivity contribution in [2.45, 2.75) is 13.5 Å². The standard InChI is InChI=1S/C25H18BrCl2N3O5/c1-14-3-5-15(6-4-14)13-36-24-19(26)8-16(9-22(24)35-2)7-17(12-29)25(32)30-23-20(27)10-18(31(33)34)11-21(23)28/h3-11H,13H2,1-2H3,(H,30,32)/b17-7+. The van der Waals surface area contributed by atoms with Crippen LogP contribution in [-0.2, 0) is 11.4 Å². The van der Waals surface area contributed by atoms with Gasteiger partial charge in [-0.25, -0.2) is 0 Å². The lowest BCUT2D eigenvalue weighted by Gasteiger charge is -2.14. The van der Waals surface area contributed by atoms with Gasteiger partial charge in [0.1, 0.15) is 18.2 Å². The van der Waals surface area contributed by atoms with Crippen LogP contribution in [0.4, 0.5) is 11.4 Å². The predicted octanol–water partition coefficient (Wildman–Crippen LogP) is 7.11. The highest BCUT2D eigenvalue weighted by atomic mass is 79.9. The zero-order valence-electron chi connectivity index (χ0n) is 19.0. The van der Waals surface area contributed by atoms with E-state index in [4.69, 9.17) is 32.7 Å². The molecule has 0 fully saturated rings. The topological polar surface area (TPSA) is 114 Å². The third-order valence-electron chi connectivity index (χ3n) is 4.91. The molecule has 3 aromatic rings. The van der Waals surface area contributed by atoms with Gasteiger partial charge in [0.2, 0.25) is 0 Å². The number of ether oxygens (including phenoxy) is 2. The Morgan fingerprint density at radius 2 is 1.83 bits per heavy atom. The number of rotatable bonds is 8. The minimum atomic E-state index is -0.801. The average Bonchev–Trinajstić information content (AvgIpc) is 2.84. The molecule has 0 heterocycles. The quantitative estimate of drug-likeness (QED) is 0.129. The molecule has 3 rings (SSSR count). The lowest BCUT2D eigenvalue weighted by atomic mass is 10.1. The second kappa shape index (κ2) is 11.9. The minimum absolute atomic E-state index is 0.0475. The number of nitriles is 1. The number of nitrogens with one attached hydrogen (secondary N) is 1. The van der Waals surface area contributed by atoms with Crippen molar-refractivity contribution in [3.05, 3.63) is 95.4 Å². The van der Waals surface area contributed by atoms with Gasteiger partial charge in [-0.3, -0.25) is 14.9 Å². The maximum atomic E-state index is 12.7. The van der Waals surface area contributed by atoms with Crippen LogP contribution in [0.2, 0.25) is 10.0 Å². The van der Waals surface area contributed by atoms with Gasteiger partial charge in [0.15, 0.2) is 11.5 Å². The van der Waals surface area contributed by atoms with E-state index in [0.717, 1.165) is 23.3 Å². The van der Waals surface area contributed by atoms with Gasteiger partial charge in [0, 0.05) is 12.1 Å².